The van der Waals surface area contributed by atoms with Gasteiger partial charge in [0.15, 0.2) is 0 Å². The Morgan fingerprint density at radius 1 is 1.18 bits per heavy atom. The van der Waals surface area contributed by atoms with E-state index in [4.69, 9.17) is 11.5 Å². The first-order chi connectivity index (χ1) is 4.95. The highest BCUT2D eigenvalue weighted by molar-refractivity contribution is 5.32. The Balaban J connectivity index is 4.58. The lowest BCUT2D eigenvalue weighted by Gasteiger charge is -2.00. The van der Waals surface area contributed by atoms with Crippen molar-refractivity contribution in [1.82, 2.24) is 0 Å². The average Bonchev–Trinajstić information content (AvgIpc) is 1.87. The number of allylic oxidation sites excluding steroid dienone is 3. The second-order valence-electron chi connectivity index (χ2n) is 2.81. The van der Waals surface area contributed by atoms with Crippen molar-refractivity contribution in [2.24, 2.45) is 11.5 Å². The first-order valence-electron chi connectivity index (χ1n) is 3.51. The predicted molar refractivity (Wildman–Crippen MR) is 49.6 cm³/mol. The first-order valence-corrected chi connectivity index (χ1v) is 3.51. The number of hydrogen-bond donors (Lipinski definition) is 2. The molecule has 0 saturated carbocycles. The van der Waals surface area contributed by atoms with Crippen molar-refractivity contribution in [3.05, 3.63) is 35.2 Å². The van der Waals surface area contributed by atoms with Crippen molar-refractivity contribution >= 4 is 0 Å². The molecule has 0 radical (unpaired) electrons. The van der Waals surface area contributed by atoms with Gasteiger partial charge in [-0.25, -0.2) is 0 Å². The van der Waals surface area contributed by atoms with Gasteiger partial charge in [0.1, 0.15) is 0 Å². The lowest BCUT2D eigenvalue weighted by molar-refractivity contribution is 1.22. The SMILES string of the molecule is C=C(N)/C(C)=C\C(N)=C(C)C. The van der Waals surface area contributed by atoms with Crippen LogP contribution in [0, 0.1) is 0 Å². The zero-order valence-corrected chi connectivity index (χ0v) is 7.44. The molecule has 0 atom stereocenters. The molecule has 0 aromatic heterocycles. The van der Waals surface area contributed by atoms with Crippen molar-refractivity contribution in [2.45, 2.75) is 20.8 Å². The van der Waals surface area contributed by atoms with Crippen LogP contribution in [0.25, 0.3) is 0 Å². The molecule has 0 saturated heterocycles. The summed E-state index contributed by atoms with van der Waals surface area (Å²) >= 11 is 0. The number of hydrogen-bond acceptors (Lipinski definition) is 2. The minimum atomic E-state index is 0.564. The summed E-state index contributed by atoms with van der Waals surface area (Å²) in [6.07, 6.45) is 1.83. The van der Waals surface area contributed by atoms with Gasteiger partial charge in [-0.2, -0.15) is 0 Å². The molecule has 62 valence electrons. The molecule has 0 amide bonds. The minimum absolute atomic E-state index is 0.564. The molecule has 0 aliphatic carbocycles. The smallest absolute Gasteiger partial charge is 0.0303 e. The molecule has 2 heteroatoms. The van der Waals surface area contributed by atoms with E-state index in [0.29, 0.717) is 5.70 Å². The topological polar surface area (TPSA) is 52.0 Å². The van der Waals surface area contributed by atoms with Crippen molar-refractivity contribution in [2.75, 3.05) is 0 Å². The maximum absolute atomic E-state index is 5.66. The van der Waals surface area contributed by atoms with Crippen LogP contribution in [0.1, 0.15) is 20.8 Å². The van der Waals surface area contributed by atoms with Crippen LogP contribution in [0.15, 0.2) is 35.2 Å². The molecule has 4 N–H and O–H groups in total. The molecule has 0 spiro atoms. The van der Waals surface area contributed by atoms with Crippen LogP contribution in [0.5, 0.6) is 0 Å². The summed E-state index contributed by atoms with van der Waals surface area (Å²) < 4.78 is 0. The third kappa shape index (κ3) is 3.50. The highest BCUT2D eigenvalue weighted by atomic mass is 14.6. The molecule has 11 heavy (non-hydrogen) atoms. The average molecular weight is 152 g/mol. The van der Waals surface area contributed by atoms with Crippen LogP contribution >= 0.6 is 0 Å². The van der Waals surface area contributed by atoms with Crippen molar-refractivity contribution in [3.63, 3.8) is 0 Å². The zero-order valence-electron chi connectivity index (χ0n) is 7.44. The monoisotopic (exact) mass is 152 g/mol. The van der Waals surface area contributed by atoms with Gasteiger partial charge in [0.25, 0.3) is 0 Å². The van der Waals surface area contributed by atoms with Crippen LogP contribution in [0.2, 0.25) is 0 Å². The van der Waals surface area contributed by atoms with Crippen molar-refractivity contribution in [3.8, 4) is 0 Å². The van der Waals surface area contributed by atoms with Gasteiger partial charge < -0.3 is 11.5 Å². The van der Waals surface area contributed by atoms with Gasteiger partial charge in [0.05, 0.1) is 0 Å². The Labute approximate surface area is 68.3 Å². The van der Waals surface area contributed by atoms with Gasteiger partial charge in [-0.05, 0) is 32.4 Å². The minimum Gasteiger partial charge on any atom is -0.399 e. The van der Waals surface area contributed by atoms with E-state index < -0.39 is 0 Å². The summed E-state index contributed by atoms with van der Waals surface area (Å²) in [5, 5.41) is 0. The third-order valence-corrected chi connectivity index (χ3v) is 1.46. The Bertz CT molecular complexity index is 218. The molecule has 0 bridgehead atoms. The molecular weight excluding hydrogens is 136 g/mol. The van der Waals surface area contributed by atoms with E-state index in [9.17, 15) is 0 Å². The second kappa shape index (κ2) is 3.86. The van der Waals surface area contributed by atoms with E-state index in [1.54, 1.807) is 0 Å². The molecule has 0 aromatic rings. The second-order valence-corrected chi connectivity index (χ2v) is 2.81. The highest BCUT2D eigenvalue weighted by Gasteiger charge is 1.92. The summed E-state index contributed by atoms with van der Waals surface area (Å²) in [5.74, 6) is 0. The standard InChI is InChI=1S/C9H16N2/c1-6(2)9(11)5-7(3)8(4)10/h5H,4,10-11H2,1-3H3/b7-5-. The third-order valence-electron chi connectivity index (χ3n) is 1.46. The van der Waals surface area contributed by atoms with Crippen LogP contribution in [-0.2, 0) is 0 Å². The fourth-order valence-electron chi connectivity index (χ4n) is 0.470. The summed E-state index contributed by atoms with van der Waals surface area (Å²) in [6.45, 7) is 9.40. The van der Waals surface area contributed by atoms with E-state index in [1.165, 1.54) is 0 Å². The van der Waals surface area contributed by atoms with Gasteiger partial charge in [-0.1, -0.05) is 12.2 Å². The normalized spacial score (nSPS) is 11.0. The van der Waals surface area contributed by atoms with Gasteiger partial charge in [0, 0.05) is 11.4 Å². The van der Waals surface area contributed by atoms with E-state index in [0.717, 1.165) is 16.8 Å². The molecule has 2 nitrogen and oxygen atoms in total. The highest BCUT2D eigenvalue weighted by Crippen LogP contribution is 2.05. The molecular formula is C9H16N2. The van der Waals surface area contributed by atoms with E-state index >= 15 is 0 Å². The Hall–Kier alpha value is -1.18. The Morgan fingerprint density at radius 3 is 1.91 bits per heavy atom. The van der Waals surface area contributed by atoms with Crippen molar-refractivity contribution < 1.29 is 0 Å². The summed E-state index contributed by atoms with van der Waals surface area (Å²) in [6, 6.07) is 0. The number of rotatable bonds is 2. The molecule has 0 rings (SSSR count). The molecule has 0 unspecified atom stereocenters. The largest absolute Gasteiger partial charge is 0.399 e. The van der Waals surface area contributed by atoms with E-state index in [1.807, 2.05) is 26.8 Å². The lowest BCUT2D eigenvalue weighted by atomic mass is 10.1. The van der Waals surface area contributed by atoms with E-state index in [-0.39, 0.29) is 0 Å². The molecule has 0 fully saturated rings. The fourth-order valence-corrected chi connectivity index (χ4v) is 0.470. The Kier molecular flexibility index (Phi) is 3.45. The quantitative estimate of drug-likeness (QED) is 0.591. The number of nitrogens with two attached hydrogens (primary N) is 2. The zero-order chi connectivity index (χ0) is 9.02. The van der Waals surface area contributed by atoms with Crippen molar-refractivity contribution in [1.29, 1.82) is 0 Å². The van der Waals surface area contributed by atoms with E-state index in [2.05, 4.69) is 6.58 Å². The van der Waals surface area contributed by atoms with Gasteiger partial charge in [-0.3, -0.25) is 0 Å². The molecule has 0 aliphatic heterocycles. The van der Waals surface area contributed by atoms with Crippen LogP contribution in [0.3, 0.4) is 0 Å². The lowest BCUT2D eigenvalue weighted by Crippen LogP contribution is -2.01. The summed E-state index contributed by atoms with van der Waals surface area (Å²) in [5.41, 5.74) is 14.4. The summed E-state index contributed by atoms with van der Waals surface area (Å²) in [7, 11) is 0. The molecule has 0 aliphatic rings. The van der Waals surface area contributed by atoms with Gasteiger partial charge in [-0.15, -0.1) is 0 Å². The van der Waals surface area contributed by atoms with Gasteiger partial charge >= 0.3 is 0 Å². The predicted octanol–water partition coefficient (Wildman–Crippen LogP) is 1.66. The molecule has 0 aromatic carbocycles. The molecule has 0 heterocycles. The van der Waals surface area contributed by atoms with Crippen LogP contribution < -0.4 is 11.5 Å². The van der Waals surface area contributed by atoms with Crippen LogP contribution in [-0.4, -0.2) is 0 Å². The van der Waals surface area contributed by atoms with Crippen LogP contribution in [0.4, 0.5) is 0 Å². The maximum atomic E-state index is 5.66. The first kappa shape index (κ1) is 9.82. The fraction of sp³-hybridized carbons (Fsp3) is 0.333. The maximum Gasteiger partial charge on any atom is 0.0303 e. The Morgan fingerprint density at radius 2 is 1.64 bits per heavy atom. The summed E-state index contributed by atoms with van der Waals surface area (Å²) in [4.78, 5) is 0. The van der Waals surface area contributed by atoms with Gasteiger partial charge in [0.2, 0.25) is 0 Å².